The molecular weight excluding hydrogens is 168 g/mol. The number of hydrogen-bond acceptors (Lipinski definition) is 4. The number of hydrogen-bond donors (Lipinski definition) is 0. The maximum Gasteiger partial charge on any atom is 0.307 e. The fourth-order valence-corrected chi connectivity index (χ4v) is 1.62. The molecule has 0 aromatic heterocycles. The molecule has 0 bridgehead atoms. The Kier molecular flexibility index (Phi) is 3.56. The molecule has 0 N–H and O–H groups in total. The highest BCUT2D eigenvalue weighted by Gasteiger charge is 2.23. The van der Waals surface area contributed by atoms with Crippen LogP contribution in [0, 0.1) is 11.5 Å². The highest BCUT2D eigenvalue weighted by Crippen LogP contribution is 2.18. The number of piperidine rings is 1. The molecule has 1 heterocycles. The summed E-state index contributed by atoms with van der Waals surface area (Å²) in [6.45, 7) is 0.776. The van der Waals surface area contributed by atoms with Crippen molar-refractivity contribution in [3.63, 3.8) is 0 Å². The molecule has 0 unspecified atom stereocenters. The van der Waals surface area contributed by atoms with Crippen molar-refractivity contribution >= 4 is 5.97 Å². The Balaban J connectivity index is 2.46. The van der Waals surface area contributed by atoms with Crippen LogP contribution in [0.2, 0.25) is 0 Å². The second-order valence-corrected chi connectivity index (χ2v) is 3.22. The number of carbonyl (C=O) groups is 1. The Morgan fingerprint density at radius 3 is 3.08 bits per heavy atom. The first-order valence-corrected chi connectivity index (χ1v) is 4.51. The number of nitrogens with zero attached hydrogens (tertiary/aromatic N) is 2. The topological polar surface area (TPSA) is 53.3 Å². The number of nitriles is 1. The van der Waals surface area contributed by atoms with Gasteiger partial charge in [0.25, 0.3) is 0 Å². The van der Waals surface area contributed by atoms with Gasteiger partial charge in [-0.05, 0) is 19.3 Å². The molecule has 4 nitrogen and oxygen atoms in total. The van der Waals surface area contributed by atoms with E-state index in [1.807, 2.05) is 0 Å². The quantitative estimate of drug-likeness (QED) is 0.470. The number of esters is 1. The molecule has 1 aliphatic rings. The van der Waals surface area contributed by atoms with Crippen LogP contribution in [0.25, 0.3) is 0 Å². The lowest BCUT2D eigenvalue weighted by Gasteiger charge is -2.30. The third-order valence-corrected chi connectivity index (χ3v) is 2.39. The van der Waals surface area contributed by atoms with Crippen molar-refractivity contribution in [3.8, 4) is 6.19 Å². The molecule has 1 fully saturated rings. The smallest absolute Gasteiger partial charge is 0.307 e. The Morgan fingerprint density at radius 2 is 2.46 bits per heavy atom. The Labute approximate surface area is 78.1 Å². The molecule has 1 rings (SSSR count). The Bertz CT molecular complexity index is 222. The number of carbonyl (C=O) groups excluding carboxylic acids is 1. The summed E-state index contributed by atoms with van der Waals surface area (Å²) in [5.74, 6) is -0.229. The van der Waals surface area contributed by atoms with E-state index in [1.54, 1.807) is 4.90 Å². The normalized spacial score (nSPS) is 22.2. The van der Waals surface area contributed by atoms with E-state index in [2.05, 4.69) is 10.9 Å². The third kappa shape index (κ3) is 2.62. The largest absolute Gasteiger partial charge is 0.469 e. The summed E-state index contributed by atoms with van der Waals surface area (Å²) in [6, 6.07) is 0.0613. The fraction of sp³-hybridized carbons (Fsp3) is 0.778. The van der Waals surface area contributed by atoms with Gasteiger partial charge in [0, 0.05) is 12.6 Å². The number of methoxy groups -OCH3 is 1. The lowest BCUT2D eigenvalue weighted by molar-refractivity contribution is -0.142. The van der Waals surface area contributed by atoms with Gasteiger partial charge in [0.1, 0.15) is 0 Å². The van der Waals surface area contributed by atoms with E-state index in [0.717, 1.165) is 25.8 Å². The van der Waals surface area contributed by atoms with Crippen LogP contribution in [0.15, 0.2) is 0 Å². The summed E-state index contributed by atoms with van der Waals surface area (Å²) in [5.41, 5.74) is 0. The fourth-order valence-electron chi connectivity index (χ4n) is 1.62. The van der Waals surface area contributed by atoms with E-state index in [1.165, 1.54) is 7.11 Å². The van der Waals surface area contributed by atoms with Gasteiger partial charge in [0.2, 0.25) is 0 Å². The molecule has 0 radical (unpaired) electrons. The monoisotopic (exact) mass is 182 g/mol. The SMILES string of the molecule is COC(=O)C[C@@H]1CCCCN1C#N. The maximum atomic E-state index is 11.0. The molecule has 4 heteroatoms. The standard InChI is InChI=1S/C9H14N2O2/c1-13-9(12)6-8-4-2-3-5-11(8)7-10/h8H,2-6H2,1H3/t8-/m0/s1. The lowest BCUT2D eigenvalue weighted by atomic mass is 10.0. The molecule has 0 amide bonds. The van der Waals surface area contributed by atoms with E-state index in [9.17, 15) is 4.79 Å². The number of rotatable bonds is 2. The van der Waals surface area contributed by atoms with Gasteiger partial charge >= 0.3 is 5.97 Å². The molecule has 0 saturated carbocycles. The highest BCUT2D eigenvalue weighted by atomic mass is 16.5. The molecule has 1 atom stereocenters. The first-order valence-electron chi connectivity index (χ1n) is 4.51. The van der Waals surface area contributed by atoms with Crippen LogP contribution in [-0.2, 0) is 9.53 Å². The zero-order valence-electron chi connectivity index (χ0n) is 7.82. The van der Waals surface area contributed by atoms with Crippen LogP contribution < -0.4 is 0 Å². The molecule has 1 aliphatic heterocycles. The molecule has 13 heavy (non-hydrogen) atoms. The molecule has 72 valence electrons. The van der Waals surface area contributed by atoms with Gasteiger partial charge in [0.15, 0.2) is 6.19 Å². The summed E-state index contributed by atoms with van der Waals surface area (Å²) >= 11 is 0. The van der Waals surface area contributed by atoms with Crippen molar-refractivity contribution in [2.75, 3.05) is 13.7 Å². The van der Waals surface area contributed by atoms with Crippen molar-refractivity contribution in [1.82, 2.24) is 4.90 Å². The van der Waals surface area contributed by atoms with E-state index in [4.69, 9.17) is 5.26 Å². The van der Waals surface area contributed by atoms with Crippen LogP contribution in [-0.4, -0.2) is 30.6 Å². The van der Waals surface area contributed by atoms with Crippen molar-refractivity contribution in [1.29, 1.82) is 5.26 Å². The Hall–Kier alpha value is -1.24. The van der Waals surface area contributed by atoms with Gasteiger partial charge in [-0.1, -0.05) is 0 Å². The van der Waals surface area contributed by atoms with E-state index in [-0.39, 0.29) is 12.0 Å². The molecule has 0 aromatic rings. The van der Waals surface area contributed by atoms with Crippen molar-refractivity contribution in [3.05, 3.63) is 0 Å². The van der Waals surface area contributed by atoms with Gasteiger partial charge in [0.05, 0.1) is 13.5 Å². The van der Waals surface area contributed by atoms with Crippen LogP contribution in [0.1, 0.15) is 25.7 Å². The number of likely N-dealkylation sites (tertiary alicyclic amines) is 1. The second kappa shape index (κ2) is 4.70. The molecule has 1 saturated heterocycles. The first-order chi connectivity index (χ1) is 6.27. The van der Waals surface area contributed by atoms with Crippen LogP contribution in [0.3, 0.4) is 0 Å². The minimum Gasteiger partial charge on any atom is -0.469 e. The second-order valence-electron chi connectivity index (χ2n) is 3.22. The predicted octanol–water partition coefficient (Wildman–Crippen LogP) is 0.885. The molecule has 0 spiro atoms. The summed E-state index contributed by atoms with van der Waals surface area (Å²) < 4.78 is 4.57. The van der Waals surface area contributed by atoms with Gasteiger partial charge in [-0.15, -0.1) is 0 Å². The zero-order valence-corrected chi connectivity index (χ0v) is 7.82. The minimum absolute atomic E-state index is 0.0613. The summed E-state index contributed by atoms with van der Waals surface area (Å²) in [7, 11) is 1.38. The Morgan fingerprint density at radius 1 is 1.69 bits per heavy atom. The van der Waals surface area contributed by atoms with Gasteiger partial charge < -0.3 is 9.64 Å². The van der Waals surface area contributed by atoms with Crippen LogP contribution >= 0.6 is 0 Å². The molecule has 0 aromatic carbocycles. The minimum atomic E-state index is -0.229. The average molecular weight is 182 g/mol. The first kappa shape index (κ1) is 9.85. The van der Waals surface area contributed by atoms with Crippen molar-refractivity contribution in [2.24, 2.45) is 0 Å². The van der Waals surface area contributed by atoms with Crippen molar-refractivity contribution in [2.45, 2.75) is 31.7 Å². The maximum absolute atomic E-state index is 11.0. The highest BCUT2D eigenvalue weighted by molar-refractivity contribution is 5.69. The number of ether oxygens (including phenoxy) is 1. The van der Waals surface area contributed by atoms with Crippen LogP contribution in [0.4, 0.5) is 0 Å². The average Bonchev–Trinajstić information content (AvgIpc) is 2.18. The molecular formula is C9H14N2O2. The summed E-state index contributed by atoms with van der Waals surface area (Å²) in [5, 5.41) is 8.77. The van der Waals surface area contributed by atoms with Gasteiger partial charge in [-0.25, -0.2) is 0 Å². The lowest BCUT2D eigenvalue weighted by Crippen LogP contribution is -2.37. The zero-order chi connectivity index (χ0) is 9.68. The van der Waals surface area contributed by atoms with E-state index >= 15 is 0 Å². The van der Waals surface area contributed by atoms with Gasteiger partial charge in [-0.2, -0.15) is 5.26 Å². The van der Waals surface area contributed by atoms with Crippen LogP contribution in [0.5, 0.6) is 0 Å². The van der Waals surface area contributed by atoms with Crippen molar-refractivity contribution < 1.29 is 9.53 Å². The molecule has 0 aliphatic carbocycles. The van der Waals surface area contributed by atoms with E-state index in [0.29, 0.717) is 6.42 Å². The summed E-state index contributed by atoms with van der Waals surface area (Å²) in [4.78, 5) is 12.7. The van der Waals surface area contributed by atoms with Gasteiger partial charge in [-0.3, -0.25) is 4.79 Å². The predicted molar refractivity (Wildman–Crippen MR) is 46.6 cm³/mol. The van der Waals surface area contributed by atoms with E-state index < -0.39 is 0 Å². The summed E-state index contributed by atoms with van der Waals surface area (Å²) in [6.07, 6.45) is 5.51. The third-order valence-electron chi connectivity index (χ3n) is 2.39.